The van der Waals surface area contributed by atoms with E-state index in [1.54, 1.807) is 7.05 Å². The molecule has 2 heterocycles. The smallest absolute Gasteiger partial charge is 0.314 e. The number of aryl methyl sites for hydroxylation is 1. The summed E-state index contributed by atoms with van der Waals surface area (Å²) in [7, 11) is 1.57. The number of aromatic amines is 1. The standard InChI is InChI=1S/C26H32N4O4/c1-27-26(33)28-10-9-17-12-18-6-4-5-11-34-24(18)22(13-17)25(32)30-20(16-31)14-19-15-29-23-8-3-2-7-21(19)23/h2-3,7-8,12-13,15,20,29,31H,4-6,9-11,14,16H2,1H3,(H,30,32)(H2,27,28,33)/t20-/m1/s1. The van der Waals surface area contributed by atoms with Gasteiger partial charge in [0, 0.05) is 30.7 Å². The van der Waals surface area contributed by atoms with Gasteiger partial charge in [-0.25, -0.2) is 4.79 Å². The van der Waals surface area contributed by atoms with Crippen LogP contribution >= 0.6 is 0 Å². The zero-order valence-electron chi connectivity index (χ0n) is 19.4. The first-order chi connectivity index (χ1) is 16.6. The zero-order valence-corrected chi connectivity index (χ0v) is 19.4. The summed E-state index contributed by atoms with van der Waals surface area (Å²) in [6.07, 6.45) is 5.79. The first-order valence-corrected chi connectivity index (χ1v) is 11.8. The maximum absolute atomic E-state index is 13.4. The second-order valence-electron chi connectivity index (χ2n) is 8.61. The van der Waals surface area contributed by atoms with Crippen molar-refractivity contribution in [1.29, 1.82) is 0 Å². The molecule has 0 spiro atoms. The number of benzene rings is 2. The number of carbonyl (C=O) groups excluding carboxylic acids is 2. The van der Waals surface area contributed by atoms with E-state index in [9.17, 15) is 14.7 Å². The van der Waals surface area contributed by atoms with Crippen LogP contribution in [0, 0.1) is 0 Å². The molecule has 0 aliphatic carbocycles. The summed E-state index contributed by atoms with van der Waals surface area (Å²) < 4.78 is 5.99. The molecule has 180 valence electrons. The molecule has 1 aromatic heterocycles. The first kappa shape index (κ1) is 23.6. The molecule has 3 amide bonds. The van der Waals surface area contributed by atoms with Crippen molar-refractivity contribution in [2.45, 2.75) is 38.1 Å². The highest BCUT2D eigenvalue weighted by Gasteiger charge is 2.23. The molecule has 0 saturated carbocycles. The SMILES string of the molecule is CNC(=O)NCCc1cc2c(c(C(=O)N[C@@H](CO)Cc3c[nH]c4ccccc34)c1)OCCCC2. The number of hydrogen-bond acceptors (Lipinski definition) is 4. The Balaban J connectivity index is 1.53. The Labute approximate surface area is 199 Å². The van der Waals surface area contributed by atoms with E-state index in [4.69, 9.17) is 4.74 Å². The molecule has 4 rings (SSSR count). The van der Waals surface area contributed by atoms with Gasteiger partial charge in [-0.2, -0.15) is 0 Å². The van der Waals surface area contributed by atoms with E-state index in [0.29, 0.717) is 37.3 Å². The summed E-state index contributed by atoms with van der Waals surface area (Å²) in [4.78, 5) is 28.1. The van der Waals surface area contributed by atoms with E-state index >= 15 is 0 Å². The molecule has 8 nitrogen and oxygen atoms in total. The van der Waals surface area contributed by atoms with Gasteiger partial charge in [0.05, 0.1) is 24.8 Å². The molecule has 1 aliphatic heterocycles. The van der Waals surface area contributed by atoms with E-state index < -0.39 is 6.04 Å². The zero-order chi connectivity index (χ0) is 23.9. The number of hydrogen-bond donors (Lipinski definition) is 5. The van der Waals surface area contributed by atoms with E-state index in [-0.39, 0.29) is 18.5 Å². The Morgan fingerprint density at radius 3 is 2.88 bits per heavy atom. The van der Waals surface area contributed by atoms with Gasteiger partial charge in [-0.1, -0.05) is 24.3 Å². The van der Waals surface area contributed by atoms with Gasteiger partial charge in [-0.05, 0) is 60.9 Å². The first-order valence-electron chi connectivity index (χ1n) is 11.8. The van der Waals surface area contributed by atoms with E-state index in [2.05, 4.69) is 27.0 Å². The average Bonchev–Trinajstić information content (AvgIpc) is 3.10. The van der Waals surface area contributed by atoms with Gasteiger partial charge in [0.1, 0.15) is 5.75 Å². The van der Waals surface area contributed by atoms with Gasteiger partial charge in [-0.15, -0.1) is 0 Å². The van der Waals surface area contributed by atoms with Crippen LogP contribution in [-0.4, -0.2) is 54.9 Å². The van der Waals surface area contributed by atoms with Crippen molar-refractivity contribution in [3.05, 3.63) is 64.8 Å². The van der Waals surface area contributed by atoms with Crippen LogP contribution < -0.4 is 20.7 Å². The summed E-state index contributed by atoms with van der Waals surface area (Å²) in [5.41, 5.74) is 4.52. The van der Waals surface area contributed by atoms with Crippen LogP contribution in [-0.2, 0) is 19.3 Å². The quantitative estimate of drug-likeness (QED) is 0.353. The lowest BCUT2D eigenvalue weighted by Gasteiger charge is -2.19. The number of para-hydroxylation sites is 1. The fourth-order valence-corrected chi connectivity index (χ4v) is 4.41. The number of amides is 3. The number of aromatic nitrogens is 1. The highest BCUT2D eigenvalue weighted by molar-refractivity contribution is 5.98. The van der Waals surface area contributed by atoms with Crippen LogP contribution in [0.3, 0.4) is 0 Å². The van der Waals surface area contributed by atoms with Crippen molar-refractivity contribution in [3.8, 4) is 5.75 Å². The number of nitrogens with one attached hydrogen (secondary N) is 4. The summed E-state index contributed by atoms with van der Waals surface area (Å²) in [6.45, 7) is 0.855. The van der Waals surface area contributed by atoms with Crippen molar-refractivity contribution < 1.29 is 19.4 Å². The average molecular weight is 465 g/mol. The lowest BCUT2D eigenvalue weighted by molar-refractivity contribution is 0.0912. The van der Waals surface area contributed by atoms with Gasteiger partial charge in [-0.3, -0.25) is 4.79 Å². The maximum atomic E-state index is 13.4. The van der Waals surface area contributed by atoms with Crippen LogP contribution in [0.1, 0.15) is 39.9 Å². The number of ether oxygens (including phenoxy) is 1. The number of carbonyl (C=O) groups is 2. The van der Waals surface area contributed by atoms with Gasteiger partial charge in [0.15, 0.2) is 0 Å². The number of urea groups is 1. The Bertz CT molecular complexity index is 1160. The fraction of sp³-hybridized carbons (Fsp3) is 0.385. The number of fused-ring (bicyclic) bond motifs is 2. The van der Waals surface area contributed by atoms with E-state index in [1.807, 2.05) is 36.5 Å². The molecule has 0 saturated heterocycles. The number of rotatable bonds is 8. The van der Waals surface area contributed by atoms with E-state index in [0.717, 1.165) is 46.9 Å². The second-order valence-corrected chi connectivity index (χ2v) is 8.61. The lowest BCUT2D eigenvalue weighted by atomic mass is 9.98. The third-order valence-corrected chi connectivity index (χ3v) is 6.18. The molecule has 2 aromatic carbocycles. The molecule has 0 bridgehead atoms. The summed E-state index contributed by atoms with van der Waals surface area (Å²) >= 11 is 0. The molecule has 0 unspecified atom stereocenters. The molecule has 0 fully saturated rings. The second kappa shape index (κ2) is 11.1. The largest absolute Gasteiger partial charge is 0.492 e. The van der Waals surface area contributed by atoms with Crippen molar-refractivity contribution >= 4 is 22.8 Å². The topological polar surface area (TPSA) is 115 Å². The summed E-state index contributed by atoms with van der Waals surface area (Å²) in [6, 6.07) is 11.2. The minimum absolute atomic E-state index is 0.177. The Morgan fingerprint density at radius 1 is 1.21 bits per heavy atom. The predicted molar refractivity (Wildman–Crippen MR) is 131 cm³/mol. The minimum atomic E-state index is -0.438. The van der Waals surface area contributed by atoms with Crippen molar-refractivity contribution in [2.24, 2.45) is 0 Å². The number of aliphatic hydroxyl groups is 1. The lowest BCUT2D eigenvalue weighted by Crippen LogP contribution is -2.39. The monoisotopic (exact) mass is 464 g/mol. The van der Waals surface area contributed by atoms with Crippen molar-refractivity contribution in [1.82, 2.24) is 20.9 Å². The van der Waals surface area contributed by atoms with Crippen LogP contribution in [0.2, 0.25) is 0 Å². The van der Waals surface area contributed by atoms with Crippen LogP contribution in [0.4, 0.5) is 4.79 Å². The molecular formula is C26H32N4O4. The van der Waals surface area contributed by atoms with Crippen LogP contribution in [0.25, 0.3) is 10.9 Å². The van der Waals surface area contributed by atoms with Crippen LogP contribution in [0.5, 0.6) is 5.75 Å². The highest BCUT2D eigenvalue weighted by Crippen LogP contribution is 2.30. The van der Waals surface area contributed by atoms with Gasteiger partial charge >= 0.3 is 6.03 Å². The number of H-pyrrole nitrogens is 1. The Hall–Kier alpha value is -3.52. The molecule has 34 heavy (non-hydrogen) atoms. The predicted octanol–water partition coefficient (Wildman–Crippen LogP) is 2.69. The van der Waals surface area contributed by atoms with Gasteiger partial charge in [0.2, 0.25) is 0 Å². The molecule has 0 radical (unpaired) electrons. The Kier molecular flexibility index (Phi) is 7.69. The molecular weight excluding hydrogens is 432 g/mol. The highest BCUT2D eigenvalue weighted by atomic mass is 16.5. The molecule has 1 aliphatic rings. The molecule has 1 atom stereocenters. The van der Waals surface area contributed by atoms with Gasteiger partial charge in [0.25, 0.3) is 5.91 Å². The minimum Gasteiger partial charge on any atom is -0.492 e. The van der Waals surface area contributed by atoms with Gasteiger partial charge < -0.3 is 30.8 Å². The summed E-state index contributed by atoms with van der Waals surface area (Å²) in [5, 5.41) is 19.4. The third-order valence-electron chi connectivity index (χ3n) is 6.18. The summed E-state index contributed by atoms with van der Waals surface area (Å²) in [5.74, 6) is 0.361. The van der Waals surface area contributed by atoms with Crippen molar-refractivity contribution in [3.63, 3.8) is 0 Å². The molecule has 8 heteroatoms. The third kappa shape index (κ3) is 5.51. The van der Waals surface area contributed by atoms with E-state index in [1.165, 1.54) is 0 Å². The fourth-order valence-electron chi connectivity index (χ4n) is 4.41. The Morgan fingerprint density at radius 2 is 2.06 bits per heavy atom. The normalized spacial score (nSPS) is 13.9. The van der Waals surface area contributed by atoms with Crippen LogP contribution in [0.15, 0.2) is 42.6 Å². The molecule has 5 N–H and O–H groups in total. The number of aliphatic hydroxyl groups excluding tert-OH is 1. The van der Waals surface area contributed by atoms with Crippen molar-refractivity contribution in [2.75, 3.05) is 26.8 Å². The maximum Gasteiger partial charge on any atom is 0.314 e. The molecule has 3 aromatic rings.